The van der Waals surface area contributed by atoms with Gasteiger partial charge in [0.05, 0.1) is 19.3 Å². The smallest absolute Gasteiger partial charge is 0.218 e. The van der Waals surface area contributed by atoms with Crippen LogP contribution in [0.15, 0.2) is 12.4 Å². The number of hydrogen-bond acceptors (Lipinski definition) is 5. The van der Waals surface area contributed by atoms with Crippen LogP contribution in [-0.2, 0) is 0 Å². The fraction of sp³-hybridized carbons (Fsp3) is 0.636. The van der Waals surface area contributed by atoms with Crippen molar-refractivity contribution in [3.8, 4) is 5.88 Å². The van der Waals surface area contributed by atoms with Crippen molar-refractivity contribution in [2.24, 2.45) is 5.92 Å². The summed E-state index contributed by atoms with van der Waals surface area (Å²) in [5, 5.41) is 12.3. The van der Waals surface area contributed by atoms with E-state index in [9.17, 15) is 5.11 Å². The molecule has 1 atom stereocenters. The highest BCUT2D eigenvalue weighted by atomic mass is 16.5. The molecule has 0 amide bonds. The number of anilines is 1. The molecule has 0 aliphatic heterocycles. The molecule has 0 aliphatic rings. The Morgan fingerprint density at radius 2 is 2.19 bits per heavy atom. The number of aliphatic hydroxyl groups excluding tert-OH is 1. The predicted molar refractivity (Wildman–Crippen MR) is 62.5 cm³/mol. The van der Waals surface area contributed by atoms with Crippen LogP contribution in [-0.4, -0.2) is 34.3 Å². The summed E-state index contributed by atoms with van der Waals surface area (Å²) in [7, 11) is 0. The second-order valence-corrected chi connectivity index (χ2v) is 3.85. The Morgan fingerprint density at radius 1 is 1.44 bits per heavy atom. The number of aliphatic hydroxyl groups is 1. The third-order valence-electron chi connectivity index (χ3n) is 2.27. The summed E-state index contributed by atoms with van der Waals surface area (Å²) in [5.74, 6) is 1.54. The molecule has 5 heteroatoms. The number of nitrogens with zero attached hydrogens (tertiary/aromatic N) is 2. The van der Waals surface area contributed by atoms with E-state index in [0.717, 1.165) is 0 Å². The fourth-order valence-corrected chi connectivity index (χ4v) is 1.26. The van der Waals surface area contributed by atoms with E-state index in [0.29, 0.717) is 24.2 Å². The standard InChI is InChI=1S/C11H19N3O2/c1-4-16-11-5-10(12-7-13-11)14-9(6-15)8(2)3/h5,7-9,15H,4,6H2,1-3H3,(H,12,13,14)/t9-/m1/s1. The zero-order valence-corrected chi connectivity index (χ0v) is 9.97. The number of aromatic nitrogens is 2. The predicted octanol–water partition coefficient (Wildman–Crippen LogP) is 1.30. The molecule has 0 saturated heterocycles. The van der Waals surface area contributed by atoms with Gasteiger partial charge in [-0.2, -0.15) is 0 Å². The molecule has 0 unspecified atom stereocenters. The number of nitrogens with one attached hydrogen (secondary N) is 1. The van der Waals surface area contributed by atoms with Crippen LogP contribution in [0.2, 0.25) is 0 Å². The van der Waals surface area contributed by atoms with Crippen molar-refractivity contribution in [1.82, 2.24) is 9.97 Å². The monoisotopic (exact) mass is 225 g/mol. The lowest BCUT2D eigenvalue weighted by Gasteiger charge is -2.20. The highest BCUT2D eigenvalue weighted by Gasteiger charge is 2.12. The topological polar surface area (TPSA) is 67.3 Å². The molecule has 5 nitrogen and oxygen atoms in total. The molecule has 0 aliphatic carbocycles. The molecule has 0 saturated carbocycles. The van der Waals surface area contributed by atoms with Crippen LogP contribution < -0.4 is 10.1 Å². The summed E-state index contributed by atoms with van der Waals surface area (Å²) in [6.07, 6.45) is 1.45. The zero-order valence-electron chi connectivity index (χ0n) is 9.97. The van der Waals surface area contributed by atoms with Gasteiger partial charge in [0.25, 0.3) is 0 Å². The van der Waals surface area contributed by atoms with E-state index in [1.807, 2.05) is 20.8 Å². The Balaban J connectivity index is 2.68. The number of rotatable bonds is 6. The van der Waals surface area contributed by atoms with Crippen LogP contribution in [0.4, 0.5) is 5.82 Å². The molecule has 0 aromatic carbocycles. The molecule has 1 aromatic heterocycles. The molecular formula is C11H19N3O2. The maximum Gasteiger partial charge on any atom is 0.218 e. The first-order chi connectivity index (χ1) is 7.67. The van der Waals surface area contributed by atoms with Gasteiger partial charge in [-0.25, -0.2) is 9.97 Å². The number of hydrogen-bond donors (Lipinski definition) is 2. The van der Waals surface area contributed by atoms with Crippen LogP contribution in [0, 0.1) is 5.92 Å². The summed E-state index contributed by atoms with van der Waals surface area (Å²) < 4.78 is 5.27. The average Bonchev–Trinajstić information content (AvgIpc) is 2.26. The molecule has 16 heavy (non-hydrogen) atoms. The van der Waals surface area contributed by atoms with Crippen molar-refractivity contribution in [2.75, 3.05) is 18.5 Å². The maximum atomic E-state index is 9.19. The van der Waals surface area contributed by atoms with Crippen molar-refractivity contribution in [3.63, 3.8) is 0 Å². The molecular weight excluding hydrogens is 206 g/mol. The van der Waals surface area contributed by atoms with Gasteiger partial charge in [-0.15, -0.1) is 0 Å². The van der Waals surface area contributed by atoms with Gasteiger partial charge >= 0.3 is 0 Å². The fourth-order valence-electron chi connectivity index (χ4n) is 1.26. The van der Waals surface area contributed by atoms with Crippen LogP contribution in [0.25, 0.3) is 0 Å². The van der Waals surface area contributed by atoms with E-state index in [2.05, 4.69) is 15.3 Å². The van der Waals surface area contributed by atoms with E-state index in [1.165, 1.54) is 6.33 Å². The molecule has 0 spiro atoms. The van der Waals surface area contributed by atoms with Crippen molar-refractivity contribution in [1.29, 1.82) is 0 Å². The highest BCUT2D eigenvalue weighted by molar-refractivity contribution is 5.38. The van der Waals surface area contributed by atoms with Gasteiger partial charge in [-0.1, -0.05) is 13.8 Å². The molecule has 1 aromatic rings. The van der Waals surface area contributed by atoms with Gasteiger partial charge in [-0.05, 0) is 12.8 Å². The first-order valence-corrected chi connectivity index (χ1v) is 5.49. The van der Waals surface area contributed by atoms with Crippen LogP contribution in [0.5, 0.6) is 5.88 Å². The molecule has 1 rings (SSSR count). The summed E-state index contributed by atoms with van der Waals surface area (Å²) in [5.41, 5.74) is 0. The molecule has 0 bridgehead atoms. The third-order valence-corrected chi connectivity index (χ3v) is 2.27. The first-order valence-electron chi connectivity index (χ1n) is 5.49. The third kappa shape index (κ3) is 3.66. The first kappa shape index (κ1) is 12.7. The van der Waals surface area contributed by atoms with E-state index in [-0.39, 0.29) is 12.6 Å². The Labute approximate surface area is 95.9 Å². The van der Waals surface area contributed by atoms with Crippen LogP contribution in [0.1, 0.15) is 20.8 Å². The highest BCUT2D eigenvalue weighted by Crippen LogP contribution is 2.14. The Kier molecular flexibility index (Phi) is 4.98. The lowest BCUT2D eigenvalue weighted by atomic mass is 10.1. The second-order valence-electron chi connectivity index (χ2n) is 3.85. The van der Waals surface area contributed by atoms with Crippen molar-refractivity contribution >= 4 is 5.82 Å². The zero-order chi connectivity index (χ0) is 12.0. The van der Waals surface area contributed by atoms with Crippen LogP contribution >= 0.6 is 0 Å². The van der Waals surface area contributed by atoms with Gasteiger partial charge in [0.2, 0.25) is 5.88 Å². The lowest BCUT2D eigenvalue weighted by molar-refractivity contribution is 0.249. The quantitative estimate of drug-likeness (QED) is 0.764. The number of ether oxygens (including phenoxy) is 1. The van der Waals surface area contributed by atoms with Gasteiger partial charge in [-0.3, -0.25) is 0 Å². The van der Waals surface area contributed by atoms with Crippen molar-refractivity contribution in [3.05, 3.63) is 12.4 Å². The van der Waals surface area contributed by atoms with Gasteiger partial charge in [0, 0.05) is 6.07 Å². The molecule has 0 radical (unpaired) electrons. The van der Waals surface area contributed by atoms with E-state index in [1.54, 1.807) is 6.07 Å². The Bertz CT molecular complexity index is 318. The minimum atomic E-state index is -0.00984. The normalized spacial score (nSPS) is 12.6. The molecule has 0 fully saturated rings. The SMILES string of the molecule is CCOc1cc(N[C@H](CO)C(C)C)ncn1. The largest absolute Gasteiger partial charge is 0.478 e. The molecule has 2 N–H and O–H groups in total. The van der Waals surface area contributed by atoms with Gasteiger partial charge < -0.3 is 15.2 Å². The van der Waals surface area contributed by atoms with Gasteiger partial charge in [0.15, 0.2) is 0 Å². The maximum absolute atomic E-state index is 9.19. The van der Waals surface area contributed by atoms with E-state index >= 15 is 0 Å². The average molecular weight is 225 g/mol. The van der Waals surface area contributed by atoms with Crippen molar-refractivity contribution in [2.45, 2.75) is 26.8 Å². The van der Waals surface area contributed by atoms with E-state index in [4.69, 9.17) is 4.74 Å². The lowest BCUT2D eigenvalue weighted by Crippen LogP contribution is -2.29. The molecule has 90 valence electrons. The second kappa shape index (κ2) is 6.27. The minimum Gasteiger partial charge on any atom is -0.478 e. The van der Waals surface area contributed by atoms with E-state index < -0.39 is 0 Å². The molecule has 1 heterocycles. The Morgan fingerprint density at radius 3 is 2.75 bits per heavy atom. The van der Waals surface area contributed by atoms with Crippen molar-refractivity contribution < 1.29 is 9.84 Å². The minimum absolute atomic E-state index is 0.00984. The van der Waals surface area contributed by atoms with Gasteiger partial charge in [0.1, 0.15) is 12.1 Å². The Hall–Kier alpha value is -1.36. The summed E-state index contributed by atoms with van der Waals surface area (Å²) in [4.78, 5) is 8.05. The summed E-state index contributed by atoms with van der Waals surface area (Å²) in [6.45, 7) is 6.63. The van der Waals surface area contributed by atoms with Crippen LogP contribution in [0.3, 0.4) is 0 Å². The summed E-state index contributed by atoms with van der Waals surface area (Å²) in [6, 6.07) is 1.72. The summed E-state index contributed by atoms with van der Waals surface area (Å²) >= 11 is 0.